The van der Waals surface area contributed by atoms with Gasteiger partial charge in [0.2, 0.25) is 0 Å². The Morgan fingerprint density at radius 3 is 1.27 bits per heavy atom. The van der Waals surface area contributed by atoms with Crippen LogP contribution in [-0.4, -0.2) is 34.9 Å². The highest BCUT2D eigenvalue weighted by atomic mass is 14.9. The predicted molar refractivity (Wildman–Crippen MR) is 300 cm³/mol. The van der Waals surface area contributed by atoms with E-state index in [0.29, 0.717) is 17.5 Å². The van der Waals surface area contributed by atoms with Crippen molar-refractivity contribution in [2.75, 3.05) is 0 Å². The molecule has 74 heavy (non-hydrogen) atoms. The first-order valence-electron chi connectivity index (χ1n) is 24.9. The molecule has 0 amide bonds. The Kier molecular flexibility index (Phi) is 10.1. The van der Waals surface area contributed by atoms with Crippen LogP contribution >= 0.6 is 0 Å². The van der Waals surface area contributed by atoms with Crippen molar-refractivity contribution in [3.63, 3.8) is 0 Å². The zero-order chi connectivity index (χ0) is 49.3. The fourth-order valence-corrected chi connectivity index (χ4v) is 11.6. The quantitative estimate of drug-likeness (QED) is 0.150. The Labute approximate surface area is 427 Å². The second kappa shape index (κ2) is 17.5. The van der Waals surface area contributed by atoms with Crippen molar-refractivity contribution >= 4 is 60.3 Å². The number of para-hydroxylation sites is 1. The summed E-state index contributed by atoms with van der Waals surface area (Å²) in [5.74, 6) is 1.80. The van der Waals surface area contributed by atoms with Gasteiger partial charge in [0, 0.05) is 81.6 Å². The number of hydrogen-bond acceptors (Lipinski definition) is 7. The maximum absolute atomic E-state index is 5.59. The summed E-state index contributed by atoms with van der Waals surface area (Å²) in [6, 6.07) is 66.7. The molecular weight excluding hydrogens is 903 g/mol. The molecular formula is C67H43N7. The molecule has 0 atom stereocenters. The van der Waals surface area contributed by atoms with Gasteiger partial charge in [-0.3, -0.25) is 0 Å². The van der Waals surface area contributed by atoms with Crippen molar-refractivity contribution in [1.82, 2.24) is 34.9 Å². The maximum atomic E-state index is 5.59. The van der Waals surface area contributed by atoms with Crippen LogP contribution in [0.1, 0.15) is 44.9 Å². The summed E-state index contributed by atoms with van der Waals surface area (Å²) in [4.78, 5) is 35.6. The van der Waals surface area contributed by atoms with E-state index >= 15 is 0 Å². The largest absolute Gasteiger partial charge is 0.248 e. The van der Waals surface area contributed by atoms with E-state index in [1.54, 1.807) is 24.8 Å². The molecule has 0 bridgehead atoms. The van der Waals surface area contributed by atoms with Gasteiger partial charge in [-0.1, -0.05) is 146 Å². The third-order valence-electron chi connectivity index (χ3n) is 14.7. The van der Waals surface area contributed by atoms with Crippen LogP contribution in [0.2, 0.25) is 0 Å². The van der Waals surface area contributed by atoms with Crippen LogP contribution < -0.4 is 0 Å². The summed E-state index contributed by atoms with van der Waals surface area (Å²) >= 11 is 0. The molecule has 4 aromatic heterocycles. The van der Waals surface area contributed by atoms with Crippen LogP contribution in [0.5, 0.6) is 0 Å². The van der Waals surface area contributed by atoms with Crippen LogP contribution in [-0.2, 0) is 0 Å². The lowest BCUT2D eigenvalue weighted by atomic mass is 9.82. The molecule has 2 aliphatic rings. The zero-order valence-corrected chi connectivity index (χ0v) is 40.5. The van der Waals surface area contributed by atoms with Gasteiger partial charge >= 0.3 is 0 Å². The predicted octanol–water partition coefficient (Wildman–Crippen LogP) is 15.5. The maximum Gasteiger partial charge on any atom is 0.160 e. The van der Waals surface area contributed by atoms with E-state index in [9.17, 15) is 0 Å². The van der Waals surface area contributed by atoms with E-state index in [2.05, 4.69) is 184 Å². The minimum absolute atomic E-state index is 0.590. The molecule has 0 N–H and O–H groups in total. The minimum atomic E-state index is 0.590. The lowest BCUT2D eigenvalue weighted by Crippen LogP contribution is -2.06. The minimum Gasteiger partial charge on any atom is -0.248 e. The molecule has 8 aromatic carbocycles. The van der Waals surface area contributed by atoms with Crippen molar-refractivity contribution in [2.45, 2.75) is 13.8 Å². The van der Waals surface area contributed by atoms with Gasteiger partial charge in [-0.15, -0.1) is 0 Å². The third-order valence-corrected chi connectivity index (χ3v) is 14.7. The number of rotatable bonds is 8. The molecule has 0 aliphatic heterocycles. The van der Waals surface area contributed by atoms with Crippen LogP contribution in [0, 0.1) is 13.8 Å². The average molecular weight is 946 g/mol. The van der Waals surface area contributed by atoms with Gasteiger partial charge in [0.25, 0.3) is 0 Å². The normalized spacial score (nSPS) is 13.1. The summed E-state index contributed by atoms with van der Waals surface area (Å²) < 4.78 is 0. The van der Waals surface area contributed by atoms with Crippen molar-refractivity contribution in [3.8, 4) is 45.0 Å². The second-order valence-corrected chi connectivity index (χ2v) is 18.8. The summed E-state index contributed by atoms with van der Waals surface area (Å²) in [6.07, 6.45) is 10.9. The molecule has 0 saturated heterocycles. The van der Waals surface area contributed by atoms with E-state index in [1.807, 2.05) is 30.6 Å². The number of benzene rings is 8. The Morgan fingerprint density at radius 2 is 0.716 bits per heavy atom. The van der Waals surface area contributed by atoms with Gasteiger partial charge in [-0.25, -0.2) is 34.9 Å². The first-order valence-corrected chi connectivity index (χ1v) is 24.9. The molecule has 2 aliphatic carbocycles. The molecule has 0 fully saturated rings. The Bertz CT molecular complexity index is 4360. The molecule has 0 spiro atoms. The van der Waals surface area contributed by atoms with Gasteiger partial charge in [0.05, 0.1) is 11.2 Å². The Morgan fingerprint density at radius 1 is 0.284 bits per heavy atom. The average Bonchev–Trinajstić information content (AvgIpc) is 4.13. The van der Waals surface area contributed by atoms with Crippen LogP contribution in [0.4, 0.5) is 0 Å². The molecule has 7 heteroatoms. The van der Waals surface area contributed by atoms with Crippen molar-refractivity contribution in [2.24, 2.45) is 0 Å². The van der Waals surface area contributed by atoms with Gasteiger partial charge in [-0.05, 0) is 139 Å². The number of hydrogen-bond donors (Lipinski definition) is 0. The van der Waals surface area contributed by atoms with E-state index in [-0.39, 0.29) is 0 Å². The summed E-state index contributed by atoms with van der Waals surface area (Å²) in [7, 11) is 0. The lowest BCUT2D eigenvalue weighted by molar-refractivity contribution is 1.12. The van der Waals surface area contributed by atoms with Gasteiger partial charge in [-0.2, -0.15) is 0 Å². The van der Waals surface area contributed by atoms with Crippen LogP contribution in [0.15, 0.2) is 231 Å². The molecule has 12 aromatic rings. The summed E-state index contributed by atoms with van der Waals surface area (Å²) in [6.45, 7) is 4.39. The highest BCUT2D eigenvalue weighted by Gasteiger charge is 2.44. The second-order valence-electron chi connectivity index (χ2n) is 18.8. The highest BCUT2D eigenvalue weighted by molar-refractivity contribution is 6.39. The molecule has 0 unspecified atom stereocenters. The van der Waals surface area contributed by atoms with Gasteiger partial charge < -0.3 is 0 Å². The molecule has 0 radical (unpaired) electrons. The molecule has 346 valence electrons. The standard InChI is InChI=1S/C67H43N7/c1-40-55-56(41(2)58(66-70-34-14-35-71-66)57(40)65-68-32-13-33-69-65)62-63(61(55)54-31-30-44-18-5-8-29-53(44)74-54)59(47-23-9-21-45(38-47)51-27-11-19-42-16-3-6-25-49(42)51)60(64(62)67-72-36-15-37-73-67)48-24-10-22-46(39-48)52-28-12-20-43-17-4-7-26-50(43)52/h3-39H,1-2H3. The fourth-order valence-electron chi connectivity index (χ4n) is 11.6. The highest BCUT2D eigenvalue weighted by Crippen LogP contribution is 2.64. The first-order chi connectivity index (χ1) is 36.6. The smallest absolute Gasteiger partial charge is 0.160 e. The monoisotopic (exact) mass is 945 g/mol. The Balaban J connectivity index is 1.17. The topological polar surface area (TPSA) is 90.2 Å². The van der Waals surface area contributed by atoms with E-state index in [4.69, 9.17) is 34.9 Å². The van der Waals surface area contributed by atoms with Crippen LogP contribution in [0.3, 0.4) is 0 Å². The van der Waals surface area contributed by atoms with E-state index in [1.165, 1.54) is 21.5 Å². The fraction of sp³-hybridized carbons (Fsp3) is 0.0299. The first kappa shape index (κ1) is 43.0. The SMILES string of the molecule is Cc1c2c(c(C)c(-c3ncccn3)c1-c1ncccn1)C(c1ccc3ccccc3n1)=C1C(c3cccc(-c4cccc5ccccc45)c3)=C(c3cccc(-c4cccc5ccccc45)c3)C(c3ncccn3)=C12. The number of pyridine rings is 1. The number of nitrogens with zero attached hydrogens (tertiary/aromatic N) is 7. The van der Waals surface area contributed by atoms with Gasteiger partial charge in [0.15, 0.2) is 17.5 Å². The third kappa shape index (κ3) is 6.85. The van der Waals surface area contributed by atoms with Crippen molar-refractivity contribution < 1.29 is 0 Å². The van der Waals surface area contributed by atoms with Crippen molar-refractivity contribution in [1.29, 1.82) is 0 Å². The van der Waals surface area contributed by atoms with Gasteiger partial charge in [0.1, 0.15) is 0 Å². The molecule has 14 rings (SSSR count). The molecule has 4 heterocycles. The number of allylic oxidation sites excluding steroid dienone is 5. The zero-order valence-electron chi connectivity index (χ0n) is 40.5. The van der Waals surface area contributed by atoms with E-state index < -0.39 is 0 Å². The molecule has 7 nitrogen and oxygen atoms in total. The molecule has 0 saturated carbocycles. The lowest BCUT2D eigenvalue weighted by Gasteiger charge is -2.22. The number of aromatic nitrogens is 7. The van der Waals surface area contributed by atoms with E-state index in [0.717, 1.165) is 117 Å². The van der Waals surface area contributed by atoms with Crippen molar-refractivity contribution in [3.05, 3.63) is 276 Å². The summed E-state index contributed by atoms with van der Waals surface area (Å²) in [5, 5.41) is 5.83. The Hall–Kier alpha value is -9.85. The number of fused-ring (bicyclic) bond motifs is 6. The van der Waals surface area contributed by atoms with Crippen LogP contribution in [0.25, 0.3) is 105 Å². The summed E-state index contributed by atoms with van der Waals surface area (Å²) in [5.41, 5.74) is 20.4.